The number of hydrogen-bond acceptors (Lipinski definition) is 5. The number of ether oxygens (including phenoxy) is 1. The Morgan fingerprint density at radius 2 is 1.89 bits per heavy atom. The number of nitriles is 3. The van der Waals surface area contributed by atoms with Crippen molar-refractivity contribution in [2.75, 3.05) is 12.4 Å². The summed E-state index contributed by atoms with van der Waals surface area (Å²) in [4.78, 5) is 0. The third kappa shape index (κ3) is 2.75. The highest BCUT2D eigenvalue weighted by atomic mass is 19.1. The van der Waals surface area contributed by atoms with E-state index in [2.05, 4.69) is 5.32 Å². The fraction of sp³-hybridized carbons (Fsp3) is 0.0833. The largest absolute Gasteiger partial charge is 0.494 e. The zero-order valence-electron chi connectivity index (χ0n) is 9.36. The van der Waals surface area contributed by atoms with Crippen LogP contribution in [0.15, 0.2) is 29.5 Å². The van der Waals surface area contributed by atoms with Crippen molar-refractivity contribution in [2.45, 2.75) is 0 Å². The topological polar surface area (TPSA) is 92.6 Å². The third-order valence-corrected chi connectivity index (χ3v) is 2.01. The highest BCUT2D eigenvalue weighted by Crippen LogP contribution is 2.22. The summed E-state index contributed by atoms with van der Waals surface area (Å²) in [6, 6.07) is 8.70. The van der Waals surface area contributed by atoms with Gasteiger partial charge in [-0.3, -0.25) is 0 Å². The number of nitrogens with one attached hydrogen (secondary N) is 1. The van der Waals surface area contributed by atoms with Gasteiger partial charge in [-0.2, -0.15) is 15.8 Å². The van der Waals surface area contributed by atoms with Crippen LogP contribution in [0.4, 0.5) is 10.1 Å². The molecule has 0 bridgehead atoms. The molecular weight excluding hydrogens is 235 g/mol. The quantitative estimate of drug-likeness (QED) is 0.819. The molecule has 1 aromatic carbocycles. The molecule has 0 aliphatic rings. The summed E-state index contributed by atoms with van der Waals surface area (Å²) >= 11 is 0. The van der Waals surface area contributed by atoms with Crippen molar-refractivity contribution in [3.8, 4) is 24.0 Å². The second kappa shape index (κ2) is 5.89. The normalized spacial score (nSPS) is 8.39. The van der Waals surface area contributed by atoms with Gasteiger partial charge >= 0.3 is 0 Å². The Hall–Kier alpha value is -3.04. The summed E-state index contributed by atoms with van der Waals surface area (Å²) in [6.45, 7) is 0. The number of benzene rings is 1. The van der Waals surface area contributed by atoms with Crippen molar-refractivity contribution in [3.63, 3.8) is 0 Å². The molecule has 1 N–H and O–H groups in total. The van der Waals surface area contributed by atoms with Gasteiger partial charge in [-0.15, -0.1) is 0 Å². The van der Waals surface area contributed by atoms with E-state index < -0.39 is 5.82 Å². The van der Waals surface area contributed by atoms with Crippen LogP contribution in [0.1, 0.15) is 0 Å². The van der Waals surface area contributed by atoms with E-state index in [1.54, 1.807) is 18.2 Å². The summed E-state index contributed by atoms with van der Waals surface area (Å²) in [5.41, 5.74) is -0.206. The number of methoxy groups -OCH3 is 1. The van der Waals surface area contributed by atoms with Crippen LogP contribution in [0.2, 0.25) is 0 Å². The van der Waals surface area contributed by atoms with Crippen molar-refractivity contribution in [1.82, 2.24) is 0 Å². The van der Waals surface area contributed by atoms with E-state index in [0.717, 1.165) is 6.07 Å². The van der Waals surface area contributed by atoms with Gasteiger partial charge in [-0.25, -0.2) is 4.39 Å². The molecule has 6 heteroatoms. The van der Waals surface area contributed by atoms with E-state index in [1.165, 1.54) is 19.2 Å². The second-order valence-electron chi connectivity index (χ2n) is 3.06. The first kappa shape index (κ1) is 13.0. The SMILES string of the molecule is COc1cc(NC(C#N)=C(C#N)C#N)ccc1F. The van der Waals surface area contributed by atoms with Crippen LogP contribution in [0, 0.1) is 39.8 Å². The fourth-order valence-corrected chi connectivity index (χ4v) is 1.17. The van der Waals surface area contributed by atoms with E-state index in [4.69, 9.17) is 20.5 Å². The number of rotatable bonds is 3. The Kier molecular flexibility index (Phi) is 4.26. The van der Waals surface area contributed by atoms with Gasteiger partial charge in [0.15, 0.2) is 17.1 Å². The molecule has 0 radical (unpaired) electrons. The summed E-state index contributed by atoms with van der Waals surface area (Å²) < 4.78 is 17.9. The predicted octanol–water partition coefficient (Wildman–Crippen LogP) is 2.07. The molecule has 0 atom stereocenters. The van der Waals surface area contributed by atoms with Crippen molar-refractivity contribution in [1.29, 1.82) is 15.8 Å². The molecule has 0 unspecified atom stereocenters. The standard InChI is InChI=1S/C12H7FN4O/c1-18-12-4-9(2-3-10(12)13)17-11(7-16)8(5-14)6-15/h2-4,17H,1H3. The minimum Gasteiger partial charge on any atom is -0.494 e. The molecule has 0 heterocycles. The number of hydrogen-bond donors (Lipinski definition) is 1. The Balaban J connectivity index is 3.13. The molecule has 18 heavy (non-hydrogen) atoms. The van der Waals surface area contributed by atoms with Gasteiger partial charge in [0.2, 0.25) is 0 Å². The van der Waals surface area contributed by atoms with Gasteiger partial charge in [-0.1, -0.05) is 0 Å². The van der Waals surface area contributed by atoms with E-state index in [1.807, 2.05) is 0 Å². The molecular formula is C12H7FN4O. The lowest BCUT2D eigenvalue weighted by atomic mass is 10.2. The van der Waals surface area contributed by atoms with Crippen LogP contribution in [0.3, 0.4) is 0 Å². The molecule has 0 aliphatic heterocycles. The molecule has 0 amide bonds. The van der Waals surface area contributed by atoms with Gasteiger partial charge < -0.3 is 10.1 Å². The number of allylic oxidation sites excluding steroid dienone is 2. The first-order chi connectivity index (χ1) is 8.65. The molecule has 0 aromatic heterocycles. The average molecular weight is 242 g/mol. The van der Waals surface area contributed by atoms with Gasteiger partial charge in [0.05, 0.1) is 7.11 Å². The predicted molar refractivity (Wildman–Crippen MR) is 60.4 cm³/mol. The van der Waals surface area contributed by atoms with Crippen LogP contribution in [0.5, 0.6) is 5.75 Å². The van der Waals surface area contributed by atoms with E-state index in [-0.39, 0.29) is 17.0 Å². The zero-order chi connectivity index (χ0) is 13.5. The van der Waals surface area contributed by atoms with Crippen molar-refractivity contribution in [3.05, 3.63) is 35.3 Å². The van der Waals surface area contributed by atoms with Crippen LogP contribution in [-0.4, -0.2) is 7.11 Å². The lowest BCUT2D eigenvalue weighted by molar-refractivity contribution is 0.387. The maximum absolute atomic E-state index is 13.1. The van der Waals surface area contributed by atoms with Gasteiger partial charge in [0, 0.05) is 11.8 Å². The van der Waals surface area contributed by atoms with Crippen molar-refractivity contribution < 1.29 is 9.13 Å². The molecule has 1 rings (SSSR count). The highest BCUT2D eigenvalue weighted by Gasteiger charge is 2.08. The Morgan fingerprint density at radius 1 is 1.22 bits per heavy atom. The third-order valence-electron chi connectivity index (χ3n) is 2.01. The summed E-state index contributed by atoms with van der Waals surface area (Å²) in [6.07, 6.45) is 0. The van der Waals surface area contributed by atoms with Crippen LogP contribution >= 0.6 is 0 Å². The molecule has 0 aliphatic carbocycles. The lowest BCUT2D eigenvalue weighted by Gasteiger charge is -2.07. The Labute approximate surface area is 103 Å². The zero-order valence-corrected chi connectivity index (χ0v) is 9.36. The van der Waals surface area contributed by atoms with Crippen molar-refractivity contribution in [2.24, 2.45) is 0 Å². The molecule has 0 saturated carbocycles. The monoisotopic (exact) mass is 242 g/mol. The van der Waals surface area contributed by atoms with Crippen molar-refractivity contribution >= 4 is 5.69 Å². The van der Waals surface area contributed by atoms with Crippen LogP contribution in [0.25, 0.3) is 0 Å². The molecule has 5 nitrogen and oxygen atoms in total. The molecule has 88 valence electrons. The Morgan fingerprint density at radius 3 is 2.39 bits per heavy atom. The smallest absolute Gasteiger partial charge is 0.165 e. The maximum Gasteiger partial charge on any atom is 0.165 e. The second-order valence-corrected chi connectivity index (χ2v) is 3.06. The summed E-state index contributed by atoms with van der Waals surface area (Å²) in [5, 5.41) is 28.7. The first-order valence-corrected chi connectivity index (χ1v) is 4.71. The minimum absolute atomic E-state index is 0.00671. The van der Waals surface area contributed by atoms with Crippen LogP contribution < -0.4 is 10.1 Å². The maximum atomic E-state index is 13.1. The molecule has 0 spiro atoms. The number of halogens is 1. The molecule has 1 aromatic rings. The molecule has 0 fully saturated rings. The molecule has 0 saturated heterocycles. The number of nitrogens with zero attached hydrogens (tertiary/aromatic N) is 3. The lowest BCUT2D eigenvalue weighted by Crippen LogP contribution is -2.01. The summed E-state index contributed by atoms with van der Waals surface area (Å²) in [5.74, 6) is -0.556. The highest BCUT2D eigenvalue weighted by molar-refractivity contribution is 5.59. The average Bonchev–Trinajstić information content (AvgIpc) is 2.40. The number of anilines is 1. The Bertz CT molecular complexity index is 600. The van der Waals surface area contributed by atoms with E-state index in [9.17, 15) is 4.39 Å². The van der Waals surface area contributed by atoms with Gasteiger partial charge in [0.25, 0.3) is 0 Å². The van der Waals surface area contributed by atoms with Gasteiger partial charge in [0.1, 0.15) is 23.9 Å². The minimum atomic E-state index is -0.550. The van der Waals surface area contributed by atoms with Gasteiger partial charge in [-0.05, 0) is 12.1 Å². The van der Waals surface area contributed by atoms with E-state index in [0.29, 0.717) is 5.69 Å². The summed E-state index contributed by atoms with van der Waals surface area (Å²) in [7, 11) is 1.30. The fourth-order valence-electron chi connectivity index (χ4n) is 1.17. The van der Waals surface area contributed by atoms with E-state index >= 15 is 0 Å². The first-order valence-electron chi connectivity index (χ1n) is 4.71. The van der Waals surface area contributed by atoms with Crippen LogP contribution in [-0.2, 0) is 0 Å².